The number of phenolic OH excluding ortho intramolecular Hbond substituents is 1. The molecule has 8 aromatic rings. The molecule has 0 spiro atoms. The molecule has 0 unspecified atom stereocenters. The highest BCUT2D eigenvalue weighted by molar-refractivity contribution is 6.10. The monoisotopic (exact) mass is 530 g/mol. The second-order valence-electron chi connectivity index (χ2n) is 10.4. The van der Waals surface area contributed by atoms with E-state index in [2.05, 4.69) is 124 Å². The molecular weight excluding hydrogens is 504 g/mol. The maximum absolute atomic E-state index is 9.71. The van der Waals surface area contributed by atoms with E-state index in [9.17, 15) is 5.11 Å². The van der Waals surface area contributed by atoms with Crippen LogP contribution in [-0.4, -0.2) is 14.2 Å². The van der Waals surface area contributed by atoms with Crippen LogP contribution in [0.1, 0.15) is 5.56 Å². The summed E-state index contributed by atoms with van der Waals surface area (Å²) < 4.78 is 10.9. The van der Waals surface area contributed by atoms with Crippen molar-refractivity contribution >= 4 is 43.6 Å². The van der Waals surface area contributed by atoms with Crippen LogP contribution in [0.25, 0.3) is 55.0 Å². The van der Waals surface area contributed by atoms with E-state index >= 15 is 0 Å². The van der Waals surface area contributed by atoms with Crippen LogP contribution in [0, 0.1) is 0 Å². The van der Waals surface area contributed by atoms with Gasteiger partial charge < -0.3 is 19.0 Å². The van der Waals surface area contributed by atoms with Gasteiger partial charge in [0.15, 0.2) is 0 Å². The van der Waals surface area contributed by atoms with Crippen LogP contribution in [0.5, 0.6) is 11.5 Å². The molecule has 0 atom stereocenters. The van der Waals surface area contributed by atoms with Crippen LogP contribution in [0.15, 0.2) is 140 Å². The summed E-state index contributed by atoms with van der Waals surface area (Å²) in [5.74, 6) is 0.933. The molecule has 41 heavy (non-hydrogen) atoms. The number of para-hydroxylation sites is 4. The highest BCUT2D eigenvalue weighted by atomic mass is 16.5. The second-order valence-corrected chi connectivity index (χ2v) is 10.4. The van der Waals surface area contributed by atoms with Crippen molar-refractivity contribution in [1.82, 2.24) is 9.13 Å². The largest absolute Gasteiger partial charge is 0.508 e. The lowest BCUT2D eigenvalue weighted by atomic mass is 10.1. The Hall–Kier alpha value is -5.48. The van der Waals surface area contributed by atoms with Gasteiger partial charge in [-0.1, -0.05) is 72.8 Å². The summed E-state index contributed by atoms with van der Waals surface area (Å²) >= 11 is 0. The predicted octanol–water partition coefficient (Wildman–Crippen LogP) is 9.17. The number of aromatic nitrogens is 2. The van der Waals surface area contributed by atoms with E-state index in [1.54, 1.807) is 24.3 Å². The zero-order valence-electron chi connectivity index (χ0n) is 22.2. The highest BCUT2D eigenvalue weighted by Gasteiger charge is 2.16. The lowest BCUT2D eigenvalue weighted by Crippen LogP contribution is -2.03. The molecule has 6 aromatic carbocycles. The zero-order valence-corrected chi connectivity index (χ0v) is 22.2. The van der Waals surface area contributed by atoms with Crippen molar-refractivity contribution in [2.75, 3.05) is 0 Å². The van der Waals surface area contributed by atoms with Crippen molar-refractivity contribution in [3.05, 3.63) is 145 Å². The normalized spacial score (nSPS) is 11.6. The third kappa shape index (κ3) is 3.84. The van der Waals surface area contributed by atoms with E-state index in [-0.39, 0.29) is 5.75 Å². The summed E-state index contributed by atoms with van der Waals surface area (Å²) in [7, 11) is 0. The molecule has 0 saturated heterocycles. The summed E-state index contributed by atoms with van der Waals surface area (Å²) in [4.78, 5) is 0. The zero-order chi connectivity index (χ0) is 27.3. The Labute approximate surface area is 236 Å². The van der Waals surface area contributed by atoms with Crippen LogP contribution in [0.4, 0.5) is 0 Å². The molecule has 0 aliphatic carbocycles. The van der Waals surface area contributed by atoms with Crippen LogP contribution >= 0.6 is 0 Å². The first-order chi connectivity index (χ1) is 20.2. The number of aromatic hydroxyl groups is 1. The first kappa shape index (κ1) is 23.4. The summed E-state index contributed by atoms with van der Waals surface area (Å²) in [6, 6.07) is 47.9. The number of hydrogen-bond donors (Lipinski definition) is 1. The lowest BCUT2D eigenvalue weighted by Gasteiger charge is -2.16. The minimum Gasteiger partial charge on any atom is -0.508 e. The van der Waals surface area contributed by atoms with Gasteiger partial charge in [-0.2, -0.15) is 0 Å². The number of phenols is 1. The third-order valence-corrected chi connectivity index (χ3v) is 7.88. The molecule has 0 radical (unpaired) electrons. The minimum absolute atomic E-state index is 0.222. The van der Waals surface area contributed by atoms with Crippen molar-refractivity contribution < 1.29 is 9.84 Å². The van der Waals surface area contributed by atoms with Gasteiger partial charge in [-0.3, -0.25) is 0 Å². The fraction of sp³-hybridized carbons (Fsp3) is 0.0270. The van der Waals surface area contributed by atoms with Gasteiger partial charge in [0.25, 0.3) is 0 Å². The lowest BCUT2D eigenvalue weighted by molar-refractivity contribution is 0.305. The first-order valence-corrected chi connectivity index (χ1v) is 13.8. The average Bonchev–Trinajstić information content (AvgIpc) is 3.54. The van der Waals surface area contributed by atoms with Gasteiger partial charge in [0.05, 0.1) is 22.1 Å². The van der Waals surface area contributed by atoms with Gasteiger partial charge in [-0.15, -0.1) is 0 Å². The molecule has 0 amide bonds. The van der Waals surface area contributed by atoms with E-state index in [4.69, 9.17) is 4.74 Å². The smallest absolute Gasteiger partial charge is 0.120 e. The van der Waals surface area contributed by atoms with Crippen LogP contribution < -0.4 is 4.74 Å². The quantitative estimate of drug-likeness (QED) is 0.241. The van der Waals surface area contributed by atoms with E-state index < -0.39 is 0 Å². The van der Waals surface area contributed by atoms with E-state index in [0.29, 0.717) is 12.4 Å². The molecule has 0 aliphatic heterocycles. The Morgan fingerprint density at radius 2 is 0.854 bits per heavy atom. The highest BCUT2D eigenvalue weighted by Crippen LogP contribution is 2.36. The van der Waals surface area contributed by atoms with Crippen LogP contribution in [0.2, 0.25) is 0 Å². The molecule has 2 aromatic heterocycles. The Morgan fingerprint density at radius 1 is 0.463 bits per heavy atom. The number of ether oxygens (including phenoxy) is 1. The fourth-order valence-corrected chi connectivity index (χ4v) is 6.11. The molecule has 8 rings (SSSR count). The molecule has 0 fully saturated rings. The molecular formula is C37H26N2O2. The van der Waals surface area contributed by atoms with Gasteiger partial charge in [0, 0.05) is 32.9 Å². The molecule has 0 saturated carbocycles. The van der Waals surface area contributed by atoms with Gasteiger partial charge in [0.1, 0.15) is 18.1 Å². The molecule has 1 N–H and O–H groups in total. The maximum Gasteiger partial charge on any atom is 0.120 e. The van der Waals surface area contributed by atoms with Crippen molar-refractivity contribution in [2.24, 2.45) is 0 Å². The van der Waals surface area contributed by atoms with E-state index in [1.165, 1.54) is 43.6 Å². The van der Waals surface area contributed by atoms with Gasteiger partial charge in [0.2, 0.25) is 0 Å². The fourth-order valence-electron chi connectivity index (χ4n) is 6.11. The number of nitrogens with zero attached hydrogens (tertiary/aromatic N) is 2. The Morgan fingerprint density at radius 3 is 1.27 bits per heavy atom. The van der Waals surface area contributed by atoms with Crippen LogP contribution in [0.3, 0.4) is 0 Å². The van der Waals surface area contributed by atoms with Crippen molar-refractivity contribution in [3.8, 4) is 22.9 Å². The molecule has 0 bridgehead atoms. The summed E-state index contributed by atoms with van der Waals surface area (Å²) in [6.07, 6.45) is 0. The third-order valence-electron chi connectivity index (χ3n) is 7.88. The SMILES string of the molecule is Oc1ccc(OCc2cc(-n3c4ccccc4c4ccccc43)cc(-n3c4ccccc4c4ccccc43)c2)cc1. The summed E-state index contributed by atoms with van der Waals surface area (Å²) in [5, 5.41) is 14.6. The molecule has 2 heterocycles. The topological polar surface area (TPSA) is 39.3 Å². The predicted molar refractivity (Wildman–Crippen MR) is 168 cm³/mol. The summed E-state index contributed by atoms with van der Waals surface area (Å²) in [5.41, 5.74) is 7.86. The van der Waals surface area contributed by atoms with Crippen molar-refractivity contribution in [1.29, 1.82) is 0 Å². The Bertz CT molecular complexity index is 1980. The van der Waals surface area contributed by atoms with Crippen LogP contribution in [-0.2, 0) is 6.61 Å². The number of fused-ring (bicyclic) bond motifs is 6. The first-order valence-electron chi connectivity index (χ1n) is 13.8. The molecule has 0 aliphatic rings. The number of hydrogen-bond acceptors (Lipinski definition) is 2. The Kier molecular flexibility index (Phi) is 5.32. The standard InChI is InChI=1S/C37H26N2O2/c40-28-17-19-29(20-18-28)41-24-25-21-26(38-34-13-5-1-9-30(34)31-10-2-6-14-35(31)38)23-27(22-25)39-36-15-7-3-11-32(36)33-12-4-8-16-37(33)39/h1-23,40H,24H2. The number of benzene rings is 6. The molecule has 4 nitrogen and oxygen atoms in total. The Balaban J connectivity index is 1.39. The summed E-state index contributed by atoms with van der Waals surface area (Å²) in [6.45, 7) is 0.389. The average molecular weight is 531 g/mol. The van der Waals surface area contributed by atoms with Gasteiger partial charge in [-0.25, -0.2) is 0 Å². The van der Waals surface area contributed by atoms with Gasteiger partial charge in [-0.05, 0) is 72.3 Å². The van der Waals surface area contributed by atoms with Gasteiger partial charge >= 0.3 is 0 Å². The van der Waals surface area contributed by atoms with E-state index in [0.717, 1.165) is 16.9 Å². The maximum atomic E-state index is 9.71. The minimum atomic E-state index is 0.222. The van der Waals surface area contributed by atoms with Crippen molar-refractivity contribution in [3.63, 3.8) is 0 Å². The van der Waals surface area contributed by atoms with Crippen molar-refractivity contribution in [2.45, 2.75) is 6.61 Å². The molecule has 196 valence electrons. The van der Waals surface area contributed by atoms with E-state index in [1.807, 2.05) is 0 Å². The molecule has 4 heteroatoms. The number of rotatable bonds is 5. The second kappa shape index (κ2) is 9.32.